The number of furan rings is 1. The SMILES string of the molecule is Cc1ccc([C@@H](C(=O)NC2CCCCC2)N(C(=O)c2ccc(-c3ccccc3)[nH]2)C2CCCC2)o1. The summed E-state index contributed by atoms with van der Waals surface area (Å²) in [5.74, 6) is 0.977. The van der Waals surface area contributed by atoms with Gasteiger partial charge in [-0.15, -0.1) is 0 Å². The quantitative estimate of drug-likeness (QED) is 0.431. The van der Waals surface area contributed by atoms with Crippen LogP contribution in [0.3, 0.4) is 0 Å². The van der Waals surface area contributed by atoms with Crippen LogP contribution in [0.2, 0.25) is 0 Å². The number of benzene rings is 1. The van der Waals surface area contributed by atoms with Crippen molar-refractivity contribution in [1.29, 1.82) is 0 Å². The lowest BCUT2D eigenvalue weighted by molar-refractivity contribution is -0.128. The molecule has 2 aliphatic rings. The fraction of sp³-hybridized carbons (Fsp3) is 0.448. The summed E-state index contributed by atoms with van der Waals surface area (Å²) in [6, 6.07) is 16.8. The number of hydrogen-bond donors (Lipinski definition) is 2. The molecule has 3 aromatic rings. The highest BCUT2D eigenvalue weighted by Gasteiger charge is 2.40. The number of nitrogens with one attached hydrogen (secondary N) is 2. The maximum absolute atomic E-state index is 14.1. The molecule has 2 N–H and O–H groups in total. The molecule has 2 amide bonds. The predicted molar refractivity (Wildman–Crippen MR) is 136 cm³/mol. The topological polar surface area (TPSA) is 78.3 Å². The van der Waals surface area contributed by atoms with Gasteiger partial charge < -0.3 is 19.6 Å². The van der Waals surface area contributed by atoms with Gasteiger partial charge in [-0.3, -0.25) is 9.59 Å². The maximum atomic E-state index is 14.1. The summed E-state index contributed by atoms with van der Waals surface area (Å²) >= 11 is 0. The minimum atomic E-state index is -0.787. The molecule has 6 heteroatoms. The Labute approximate surface area is 207 Å². The molecule has 1 aromatic carbocycles. The van der Waals surface area contributed by atoms with Crippen LogP contribution in [0.4, 0.5) is 0 Å². The van der Waals surface area contributed by atoms with E-state index >= 15 is 0 Å². The Hall–Kier alpha value is -3.28. The number of carbonyl (C=O) groups is 2. The summed E-state index contributed by atoms with van der Waals surface area (Å²) < 4.78 is 5.99. The Morgan fingerprint density at radius 3 is 2.31 bits per heavy atom. The Kier molecular flexibility index (Phi) is 7.07. The van der Waals surface area contributed by atoms with Crippen LogP contribution < -0.4 is 5.32 Å². The van der Waals surface area contributed by atoms with Crippen molar-refractivity contribution in [2.45, 2.75) is 82.8 Å². The molecule has 0 radical (unpaired) electrons. The molecule has 0 unspecified atom stereocenters. The zero-order valence-corrected chi connectivity index (χ0v) is 20.5. The molecule has 2 aromatic heterocycles. The molecule has 1 atom stereocenters. The molecule has 2 fully saturated rings. The van der Waals surface area contributed by atoms with Gasteiger partial charge in [0.2, 0.25) is 0 Å². The van der Waals surface area contributed by atoms with E-state index in [0.29, 0.717) is 11.5 Å². The third kappa shape index (κ3) is 5.21. The van der Waals surface area contributed by atoms with E-state index in [0.717, 1.165) is 68.4 Å². The second-order valence-electron chi connectivity index (χ2n) is 10.00. The van der Waals surface area contributed by atoms with Crippen LogP contribution in [-0.4, -0.2) is 33.8 Å². The van der Waals surface area contributed by atoms with Crippen LogP contribution in [0.5, 0.6) is 0 Å². The van der Waals surface area contributed by atoms with Gasteiger partial charge >= 0.3 is 0 Å². The maximum Gasteiger partial charge on any atom is 0.271 e. The zero-order valence-electron chi connectivity index (χ0n) is 20.5. The molecule has 6 nitrogen and oxygen atoms in total. The van der Waals surface area contributed by atoms with Crippen LogP contribution in [0, 0.1) is 6.92 Å². The van der Waals surface area contributed by atoms with Gasteiger partial charge in [-0.05, 0) is 62.4 Å². The molecule has 35 heavy (non-hydrogen) atoms. The molecule has 2 aliphatic carbocycles. The smallest absolute Gasteiger partial charge is 0.271 e. The van der Waals surface area contributed by atoms with Gasteiger partial charge in [-0.2, -0.15) is 0 Å². The summed E-state index contributed by atoms with van der Waals surface area (Å²) in [5, 5.41) is 3.27. The predicted octanol–water partition coefficient (Wildman–Crippen LogP) is 6.16. The minimum Gasteiger partial charge on any atom is -0.464 e. The number of aryl methyl sites for hydroxylation is 1. The van der Waals surface area contributed by atoms with E-state index in [4.69, 9.17) is 4.42 Å². The molecule has 184 valence electrons. The van der Waals surface area contributed by atoms with Crippen molar-refractivity contribution in [2.24, 2.45) is 0 Å². The number of aromatic amines is 1. The first-order chi connectivity index (χ1) is 17.1. The second-order valence-corrected chi connectivity index (χ2v) is 10.00. The van der Waals surface area contributed by atoms with Gasteiger partial charge in [0.25, 0.3) is 11.8 Å². The number of carbonyl (C=O) groups excluding carboxylic acids is 2. The van der Waals surface area contributed by atoms with Gasteiger partial charge in [-0.25, -0.2) is 0 Å². The Balaban J connectivity index is 1.48. The van der Waals surface area contributed by atoms with Gasteiger partial charge in [-0.1, -0.05) is 62.4 Å². The van der Waals surface area contributed by atoms with Crippen LogP contribution in [-0.2, 0) is 4.79 Å². The first-order valence-corrected chi connectivity index (χ1v) is 13.0. The van der Waals surface area contributed by atoms with Gasteiger partial charge in [0, 0.05) is 17.8 Å². The summed E-state index contributed by atoms with van der Waals surface area (Å²) in [4.78, 5) is 33.0. The third-order valence-electron chi connectivity index (χ3n) is 7.46. The summed E-state index contributed by atoms with van der Waals surface area (Å²) in [6.07, 6.45) is 9.36. The van der Waals surface area contributed by atoms with Crippen molar-refractivity contribution < 1.29 is 14.0 Å². The van der Waals surface area contributed by atoms with Crippen molar-refractivity contribution in [3.8, 4) is 11.3 Å². The van der Waals surface area contributed by atoms with E-state index in [2.05, 4.69) is 10.3 Å². The molecule has 2 saturated carbocycles. The van der Waals surface area contributed by atoms with E-state index < -0.39 is 6.04 Å². The number of H-pyrrole nitrogens is 1. The van der Waals surface area contributed by atoms with Crippen LogP contribution in [0.25, 0.3) is 11.3 Å². The second kappa shape index (κ2) is 10.5. The van der Waals surface area contributed by atoms with Crippen molar-refractivity contribution in [3.63, 3.8) is 0 Å². The van der Waals surface area contributed by atoms with Crippen molar-refractivity contribution in [2.75, 3.05) is 0 Å². The van der Waals surface area contributed by atoms with E-state index in [9.17, 15) is 9.59 Å². The highest BCUT2D eigenvalue weighted by Crippen LogP contribution is 2.34. The average Bonchev–Trinajstić information content (AvgIpc) is 3.65. The number of amides is 2. The lowest BCUT2D eigenvalue weighted by Crippen LogP contribution is -2.50. The number of rotatable bonds is 7. The number of aromatic nitrogens is 1. The Morgan fingerprint density at radius 1 is 0.914 bits per heavy atom. The summed E-state index contributed by atoms with van der Waals surface area (Å²) in [5.41, 5.74) is 2.40. The zero-order chi connectivity index (χ0) is 24.2. The van der Waals surface area contributed by atoms with Crippen molar-refractivity contribution in [1.82, 2.24) is 15.2 Å². The monoisotopic (exact) mass is 473 g/mol. The van der Waals surface area contributed by atoms with E-state index in [1.165, 1.54) is 6.42 Å². The molecule has 0 aliphatic heterocycles. The lowest BCUT2D eigenvalue weighted by Gasteiger charge is -2.35. The van der Waals surface area contributed by atoms with Crippen LogP contribution in [0.15, 0.2) is 59.0 Å². The highest BCUT2D eigenvalue weighted by molar-refractivity contribution is 5.97. The highest BCUT2D eigenvalue weighted by atomic mass is 16.3. The van der Waals surface area contributed by atoms with Crippen LogP contribution in [0.1, 0.15) is 85.8 Å². The third-order valence-corrected chi connectivity index (χ3v) is 7.46. The van der Waals surface area contributed by atoms with Crippen molar-refractivity contribution in [3.05, 3.63) is 71.8 Å². The fourth-order valence-electron chi connectivity index (χ4n) is 5.64. The molecule has 2 heterocycles. The fourth-order valence-corrected chi connectivity index (χ4v) is 5.64. The van der Waals surface area contributed by atoms with Gasteiger partial charge in [0.1, 0.15) is 17.2 Å². The standard InChI is InChI=1S/C29H35N3O3/c1-20-16-19-26(35-20)27(28(33)30-22-12-6-3-7-13-22)32(23-14-8-9-15-23)29(34)25-18-17-24(31-25)21-10-4-2-5-11-21/h2,4-5,10-11,16-19,22-23,27,31H,3,6-9,12-15H2,1H3,(H,30,33)/t27-/m0/s1. The molecule has 0 saturated heterocycles. The van der Waals surface area contributed by atoms with Crippen LogP contribution >= 0.6 is 0 Å². The normalized spacial score (nSPS) is 17.9. The minimum absolute atomic E-state index is 0.00140. The Morgan fingerprint density at radius 2 is 1.63 bits per heavy atom. The molecule has 5 rings (SSSR count). The van der Waals surface area contributed by atoms with Gasteiger partial charge in [0.05, 0.1) is 0 Å². The largest absolute Gasteiger partial charge is 0.464 e. The molecule has 0 bridgehead atoms. The lowest BCUT2D eigenvalue weighted by atomic mass is 9.95. The van der Waals surface area contributed by atoms with Gasteiger partial charge in [0.15, 0.2) is 6.04 Å². The average molecular weight is 474 g/mol. The number of nitrogens with zero attached hydrogens (tertiary/aromatic N) is 1. The molecular formula is C29H35N3O3. The summed E-state index contributed by atoms with van der Waals surface area (Å²) in [6.45, 7) is 1.87. The van der Waals surface area contributed by atoms with E-state index in [-0.39, 0.29) is 23.9 Å². The van der Waals surface area contributed by atoms with E-state index in [1.807, 2.05) is 61.5 Å². The Bertz CT molecular complexity index is 1140. The first kappa shape index (κ1) is 23.5. The van der Waals surface area contributed by atoms with E-state index in [1.54, 1.807) is 4.90 Å². The van der Waals surface area contributed by atoms with Crippen molar-refractivity contribution >= 4 is 11.8 Å². The number of hydrogen-bond acceptors (Lipinski definition) is 3. The molecular weight excluding hydrogens is 438 g/mol. The summed E-state index contributed by atoms with van der Waals surface area (Å²) in [7, 11) is 0. The first-order valence-electron chi connectivity index (χ1n) is 13.0. The molecule has 0 spiro atoms.